The minimum absolute atomic E-state index is 0.0158. The number of hydrogen-bond donors (Lipinski definition) is 1. The van der Waals surface area contributed by atoms with Gasteiger partial charge >= 0.3 is 0 Å². The van der Waals surface area contributed by atoms with Crippen molar-refractivity contribution in [2.45, 2.75) is 12.5 Å². The second-order valence-electron chi connectivity index (χ2n) is 5.07. The summed E-state index contributed by atoms with van der Waals surface area (Å²) in [5.41, 5.74) is 0.916. The third kappa shape index (κ3) is 3.33. The molecule has 0 spiro atoms. The average Bonchev–Trinajstić information content (AvgIpc) is 2.47. The van der Waals surface area contributed by atoms with Gasteiger partial charge in [-0.2, -0.15) is 0 Å². The molecule has 1 aromatic rings. The molecule has 1 aliphatic heterocycles. The molecule has 6 heteroatoms. The van der Waals surface area contributed by atoms with Gasteiger partial charge in [0, 0.05) is 46.1 Å². The van der Waals surface area contributed by atoms with E-state index in [2.05, 4.69) is 10.3 Å². The van der Waals surface area contributed by atoms with Crippen molar-refractivity contribution in [2.24, 2.45) is 0 Å². The summed E-state index contributed by atoms with van der Waals surface area (Å²) in [4.78, 5) is 31.7. The van der Waals surface area contributed by atoms with E-state index in [1.165, 1.54) is 4.90 Å². The molecule has 2 heterocycles. The third-order valence-corrected chi connectivity index (χ3v) is 3.39. The van der Waals surface area contributed by atoms with Crippen LogP contribution in [0.2, 0.25) is 0 Å². The first-order chi connectivity index (χ1) is 9.59. The summed E-state index contributed by atoms with van der Waals surface area (Å²) in [6.45, 7) is 1.80. The summed E-state index contributed by atoms with van der Waals surface area (Å²) in [5.74, 6) is -0.0572. The Labute approximate surface area is 118 Å². The highest BCUT2D eigenvalue weighted by Gasteiger charge is 2.32. The Bertz CT molecular complexity index is 475. The van der Waals surface area contributed by atoms with Crippen molar-refractivity contribution in [1.29, 1.82) is 0 Å². The maximum atomic E-state index is 12.4. The van der Waals surface area contributed by atoms with Gasteiger partial charge in [0.1, 0.15) is 6.04 Å². The first kappa shape index (κ1) is 14.5. The molecule has 1 aromatic heterocycles. The molecular formula is C14H20N4O2. The molecule has 20 heavy (non-hydrogen) atoms. The topological polar surface area (TPSA) is 65.5 Å². The van der Waals surface area contributed by atoms with E-state index in [0.717, 1.165) is 12.1 Å². The molecule has 1 saturated heterocycles. The number of likely N-dealkylation sites (N-methyl/N-ethyl adjacent to an activating group) is 1. The number of carbonyl (C=O) groups excluding carboxylic acids is 2. The summed E-state index contributed by atoms with van der Waals surface area (Å²) >= 11 is 0. The zero-order chi connectivity index (χ0) is 14.5. The van der Waals surface area contributed by atoms with Gasteiger partial charge in [-0.05, 0) is 17.7 Å². The Morgan fingerprint density at radius 1 is 1.40 bits per heavy atom. The van der Waals surface area contributed by atoms with Gasteiger partial charge in [0.25, 0.3) is 0 Å². The molecule has 0 aromatic carbocycles. The molecule has 1 fully saturated rings. The fraction of sp³-hybridized carbons (Fsp3) is 0.500. The number of carbonyl (C=O) groups is 2. The molecular weight excluding hydrogens is 256 g/mol. The van der Waals surface area contributed by atoms with Crippen LogP contribution in [0.15, 0.2) is 24.5 Å². The maximum Gasteiger partial charge on any atom is 0.246 e. The smallest absolute Gasteiger partial charge is 0.246 e. The number of nitrogens with zero attached hydrogens (tertiary/aromatic N) is 3. The number of pyridine rings is 1. The molecule has 1 N–H and O–H groups in total. The SMILES string of the molecule is CN(C)C(=O)C1CNCCN1C(=O)Cc1ccncc1. The number of nitrogens with one attached hydrogen (secondary N) is 1. The Kier molecular flexibility index (Phi) is 4.68. The lowest BCUT2D eigenvalue weighted by Gasteiger charge is -2.36. The molecule has 0 bridgehead atoms. The minimum Gasteiger partial charge on any atom is -0.347 e. The molecule has 1 atom stereocenters. The van der Waals surface area contributed by atoms with Gasteiger partial charge in [0.05, 0.1) is 6.42 Å². The molecule has 6 nitrogen and oxygen atoms in total. The van der Waals surface area contributed by atoms with Crippen LogP contribution in [0, 0.1) is 0 Å². The monoisotopic (exact) mass is 276 g/mol. The standard InChI is InChI=1S/C14H20N4O2/c1-17(2)14(20)12-10-16-7-8-18(12)13(19)9-11-3-5-15-6-4-11/h3-6,12,16H,7-10H2,1-2H3. The average molecular weight is 276 g/mol. The van der Waals surface area contributed by atoms with Crippen LogP contribution in [0.1, 0.15) is 5.56 Å². The van der Waals surface area contributed by atoms with Gasteiger partial charge < -0.3 is 15.1 Å². The zero-order valence-corrected chi connectivity index (χ0v) is 11.9. The van der Waals surface area contributed by atoms with E-state index in [1.807, 2.05) is 12.1 Å². The van der Waals surface area contributed by atoms with Crippen molar-refractivity contribution in [2.75, 3.05) is 33.7 Å². The van der Waals surface area contributed by atoms with Gasteiger partial charge in [-0.3, -0.25) is 14.6 Å². The molecule has 0 radical (unpaired) electrons. The van der Waals surface area contributed by atoms with E-state index in [9.17, 15) is 9.59 Å². The predicted molar refractivity (Wildman–Crippen MR) is 75.0 cm³/mol. The van der Waals surface area contributed by atoms with Crippen molar-refractivity contribution >= 4 is 11.8 Å². The van der Waals surface area contributed by atoms with Crippen LogP contribution < -0.4 is 5.32 Å². The molecule has 2 rings (SSSR count). The lowest BCUT2D eigenvalue weighted by atomic mass is 10.1. The van der Waals surface area contributed by atoms with Crippen LogP contribution in [-0.4, -0.2) is 66.4 Å². The fourth-order valence-electron chi connectivity index (χ4n) is 2.30. The summed E-state index contributed by atoms with van der Waals surface area (Å²) in [6.07, 6.45) is 3.64. The van der Waals surface area contributed by atoms with Crippen molar-refractivity contribution in [3.05, 3.63) is 30.1 Å². The highest BCUT2D eigenvalue weighted by Crippen LogP contribution is 2.10. The number of piperazine rings is 1. The van der Waals surface area contributed by atoms with Crippen LogP contribution in [0.25, 0.3) is 0 Å². The number of aromatic nitrogens is 1. The first-order valence-corrected chi connectivity index (χ1v) is 6.70. The van der Waals surface area contributed by atoms with Gasteiger partial charge in [0.15, 0.2) is 0 Å². The highest BCUT2D eigenvalue weighted by atomic mass is 16.2. The van der Waals surface area contributed by atoms with Gasteiger partial charge in [0.2, 0.25) is 11.8 Å². The summed E-state index contributed by atoms with van der Waals surface area (Å²) < 4.78 is 0. The minimum atomic E-state index is -0.409. The Morgan fingerprint density at radius 3 is 2.75 bits per heavy atom. The molecule has 0 aliphatic carbocycles. The second kappa shape index (κ2) is 6.47. The van der Waals surface area contributed by atoms with Crippen molar-refractivity contribution < 1.29 is 9.59 Å². The van der Waals surface area contributed by atoms with Crippen molar-refractivity contribution in [1.82, 2.24) is 20.1 Å². The predicted octanol–water partition coefficient (Wildman–Crippen LogP) is -0.487. The summed E-state index contributed by atoms with van der Waals surface area (Å²) in [6, 6.07) is 3.24. The Hall–Kier alpha value is -1.95. The lowest BCUT2D eigenvalue weighted by Crippen LogP contribution is -2.59. The Balaban J connectivity index is 2.07. The van der Waals surface area contributed by atoms with E-state index in [-0.39, 0.29) is 11.8 Å². The van der Waals surface area contributed by atoms with Gasteiger partial charge in [-0.25, -0.2) is 0 Å². The Morgan fingerprint density at radius 2 is 2.10 bits per heavy atom. The van der Waals surface area contributed by atoms with Crippen LogP contribution in [0.3, 0.4) is 0 Å². The van der Waals surface area contributed by atoms with Crippen LogP contribution in [-0.2, 0) is 16.0 Å². The van der Waals surface area contributed by atoms with Crippen LogP contribution in [0.5, 0.6) is 0 Å². The lowest BCUT2D eigenvalue weighted by molar-refractivity contribution is -0.145. The van der Waals surface area contributed by atoms with Crippen LogP contribution >= 0.6 is 0 Å². The number of hydrogen-bond acceptors (Lipinski definition) is 4. The first-order valence-electron chi connectivity index (χ1n) is 6.70. The molecule has 1 unspecified atom stereocenters. The molecule has 1 aliphatic rings. The van der Waals surface area contributed by atoms with Gasteiger partial charge in [-0.15, -0.1) is 0 Å². The van der Waals surface area contributed by atoms with E-state index < -0.39 is 6.04 Å². The fourth-order valence-corrected chi connectivity index (χ4v) is 2.30. The van der Waals surface area contributed by atoms with E-state index in [0.29, 0.717) is 19.5 Å². The largest absolute Gasteiger partial charge is 0.347 e. The number of amides is 2. The molecule has 108 valence electrons. The van der Waals surface area contributed by atoms with E-state index >= 15 is 0 Å². The highest BCUT2D eigenvalue weighted by molar-refractivity contribution is 5.88. The van der Waals surface area contributed by atoms with E-state index in [1.54, 1.807) is 31.4 Å². The third-order valence-electron chi connectivity index (χ3n) is 3.39. The van der Waals surface area contributed by atoms with Crippen molar-refractivity contribution in [3.63, 3.8) is 0 Å². The molecule has 2 amide bonds. The second-order valence-corrected chi connectivity index (χ2v) is 5.07. The summed E-state index contributed by atoms with van der Waals surface area (Å²) in [7, 11) is 3.42. The summed E-state index contributed by atoms with van der Waals surface area (Å²) in [5, 5.41) is 3.17. The van der Waals surface area contributed by atoms with E-state index in [4.69, 9.17) is 0 Å². The zero-order valence-electron chi connectivity index (χ0n) is 11.9. The van der Waals surface area contributed by atoms with Crippen LogP contribution in [0.4, 0.5) is 0 Å². The van der Waals surface area contributed by atoms with Crippen molar-refractivity contribution in [3.8, 4) is 0 Å². The number of rotatable bonds is 3. The quantitative estimate of drug-likeness (QED) is 0.809. The van der Waals surface area contributed by atoms with Gasteiger partial charge in [-0.1, -0.05) is 0 Å². The molecule has 0 saturated carbocycles. The maximum absolute atomic E-state index is 12.4. The normalized spacial score (nSPS) is 18.7.